The Bertz CT molecular complexity index is 370. The third-order valence-corrected chi connectivity index (χ3v) is 2.33. The number of fused-ring (bicyclic) bond motifs is 1. The Morgan fingerprint density at radius 3 is 3.09 bits per heavy atom. The van der Waals surface area contributed by atoms with Crippen molar-refractivity contribution in [1.29, 1.82) is 0 Å². The molecule has 0 fully saturated rings. The highest BCUT2D eigenvalue weighted by molar-refractivity contribution is 7.18. The molecule has 11 heavy (non-hydrogen) atoms. The monoisotopic (exact) mass is 166 g/mol. The van der Waals surface area contributed by atoms with Gasteiger partial charge in [-0.25, -0.2) is 4.98 Å². The molecule has 0 radical (unpaired) electrons. The van der Waals surface area contributed by atoms with Gasteiger partial charge in [-0.15, -0.1) is 0 Å². The van der Waals surface area contributed by atoms with E-state index >= 15 is 0 Å². The molecular weight excluding hydrogens is 160 g/mol. The molecule has 0 aliphatic heterocycles. The minimum atomic E-state index is 0.715. The van der Waals surface area contributed by atoms with E-state index in [0.29, 0.717) is 4.88 Å². The van der Waals surface area contributed by atoms with Crippen LogP contribution in [0.3, 0.4) is 0 Å². The van der Waals surface area contributed by atoms with Crippen LogP contribution in [0.4, 0.5) is 0 Å². The van der Waals surface area contributed by atoms with Crippen LogP contribution in [0.15, 0.2) is 12.4 Å². The smallest absolute Gasteiger partial charge is 0.194 e. The van der Waals surface area contributed by atoms with Gasteiger partial charge in [-0.1, -0.05) is 11.3 Å². The molecule has 0 atom stereocenters. The Morgan fingerprint density at radius 1 is 1.64 bits per heavy atom. The summed E-state index contributed by atoms with van der Waals surface area (Å²) in [5.74, 6) is 0. The molecule has 2 heterocycles. The Morgan fingerprint density at radius 2 is 2.45 bits per heavy atom. The summed E-state index contributed by atoms with van der Waals surface area (Å²) in [6.45, 7) is 1.93. The lowest BCUT2D eigenvalue weighted by atomic mass is 10.6. The van der Waals surface area contributed by atoms with E-state index in [9.17, 15) is 4.79 Å². The van der Waals surface area contributed by atoms with Crippen molar-refractivity contribution in [1.82, 2.24) is 9.38 Å². The third-order valence-electron chi connectivity index (χ3n) is 1.41. The number of carbonyl (C=O) groups excluding carboxylic acids is 1. The fraction of sp³-hybridized carbons (Fsp3) is 0.143. The van der Waals surface area contributed by atoms with Crippen LogP contribution in [-0.4, -0.2) is 15.7 Å². The van der Waals surface area contributed by atoms with Crippen molar-refractivity contribution in [3.63, 3.8) is 0 Å². The van der Waals surface area contributed by atoms with E-state index in [1.165, 1.54) is 11.3 Å². The van der Waals surface area contributed by atoms with Gasteiger partial charge in [-0.2, -0.15) is 0 Å². The fourth-order valence-corrected chi connectivity index (χ4v) is 1.81. The molecule has 0 saturated heterocycles. The number of aryl methyl sites for hydroxylation is 1. The van der Waals surface area contributed by atoms with Crippen molar-refractivity contribution >= 4 is 22.6 Å². The van der Waals surface area contributed by atoms with Crippen LogP contribution in [0.2, 0.25) is 0 Å². The molecule has 2 aromatic rings. The molecule has 0 amide bonds. The summed E-state index contributed by atoms with van der Waals surface area (Å²) in [4.78, 5) is 16.1. The van der Waals surface area contributed by atoms with Crippen LogP contribution < -0.4 is 0 Å². The molecule has 0 aliphatic carbocycles. The number of hydrogen-bond acceptors (Lipinski definition) is 3. The maximum atomic E-state index is 10.3. The van der Waals surface area contributed by atoms with E-state index in [2.05, 4.69) is 4.98 Å². The lowest BCUT2D eigenvalue weighted by molar-refractivity contribution is 0.112. The average molecular weight is 166 g/mol. The molecule has 0 aromatic carbocycles. The standard InChI is InChI=1S/C7H6N2OS/c1-5-2-9-3-6(4-10)11-7(9)8-5/h2-4H,1H3. The Labute approximate surface area is 67.3 Å². The maximum Gasteiger partial charge on any atom is 0.194 e. The summed E-state index contributed by atoms with van der Waals surface area (Å²) in [7, 11) is 0. The first kappa shape index (κ1) is 6.54. The fourth-order valence-electron chi connectivity index (χ4n) is 0.985. The zero-order valence-electron chi connectivity index (χ0n) is 5.94. The van der Waals surface area contributed by atoms with Gasteiger partial charge in [-0.05, 0) is 6.92 Å². The second kappa shape index (κ2) is 2.17. The first-order valence-electron chi connectivity index (χ1n) is 3.20. The van der Waals surface area contributed by atoms with Crippen LogP contribution in [0.1, 0.15) is 15.4 Å². The molecule has 56 valence electrons. The Balaban J connectivity index is 2.72. The lowest BCUT2D eigenvalue weighted by Crippen LogP contribution is -1.72. The van der Waals surface area contributed by atoms with Gasteiger partial charge in [0.05, 0.1) is 10.6 Å². The minimum absolute atomic E-state index is 0.715. The van der Waals surface area contributed by atoms with E-state index in [1.54, 1.807) is 6.20 Å². The molecule has 0 bridgehead atoms. The van der Waals surface area contributed by atoms with Crippen molar-refractivity contribution in [2.75, 3.05) is 0 Å². The molecule has 2 rings (SSSR count). The molecule has 0 saturated carbocycles. The number of thiazole rings is 1. The van der Waals surface area contributed by atoms with E-state index in [-0.39, 0.29) is 0 Å². The first-order valence-corrected chi connectivity index (χ1v) is 4.01. The Hall–Kier alpha value is -1.16. The van der Waals surface area contributed by atoms with Gasteiger partial charge in [0.25, 0.3) is 0 Å². The Kier molecular flexibility index (Phi) is 1.29. The number of carbonyl (C=O) groups is 1. The van der Waals surface area contributed by atoms with E-state index in [1.807, 2.05) is 17.5 Å². The van der Waals surface area contributed by atoms with Crippen LogP contribution in [-0.2, 0) is 0 Å². The summed E-state index contributed by atoms with van der Waals surface area (Å²) in [5, 5.41) is 0. The SMILES string of the molecule is Cc1cn2cc(C=O)sc2n1. The minimum Gasteiger partial charge on any atom is -0.297 e. The van der Waals surface area contributed by atoms with Crippen molar-refractivity contribution in [2.45, 2.75) is 6.92 Å². The quantitative estimate of drug-likeness (QED) is 0.602. The number of aldehydes is 1. The van der Waals surface area contributed by atoms with Gasteiger partial charge in [0.1, 0.15) is 0 Å². The second-order valence-corrected chi connectivity index (χ2v) is 3.36. The number of imidazole rings is 1. The summed E-state index contributed by atoms with van der Waals surface area (Å²) in [5.41, 5.74) is 0.980. The molecule has 2 aromatic heterocycles. The highest BCUT2D eigenvalue weighted by Crippen LogP contribution is 2.15. The number of aromatic nitrogens is 2. The van der Waals surface area contributed by atoms with Crippen LogP contribution in [0, 0.1) is 6.92 Å². The number of rotatable bonds is 1. The molecule has 0 aliphatic rings. The summed E-state index contributed by atoms with van der Waals surface area (Å²) >= 11 is 1.40. The van der Waals surface area contributed by atoms with Gasteiger partial charge in [0, 0.05) is 12.4 Å². The molecular formula is C7H6N2OS. The van der Waals surface area contributed by atoms with Crippen LogP contribution in [0.5, 0.6) is 0 Å². The van der Waals surface area contributed by atoms with E-state index in [4.69, 9.17) is 0 Å². The second-order valence-electron chi connectivity index (χ2n) is 2.32. The van der Waals surface area contributed by atoms with Crippen molar-refractivity contribution in [3.05, 3.63) is 23.0 Å². The summed E-state index contributed by atoms with van der Waals surface area (Å²) in [6, 6.07) is 0. The van der Waals surface area contributed by atoms with Crippen LogP contribution >= 0.6 is 11.3 Å². The van der Waals surface area contributed by atoms with Gasteiger partial charge in [-0.3, -0.25) is 9.20 Å². The lowest BCUT2D eigenvalue weighted by Gasteiger charge is -1.74. The van der Waals surface area contributed by atoms with Crippen molar-refractivity contribution in [3.8, 4) is 0 Å². The molecule has 4 heteroatoms. The number of hydrogen-bond donors (Lipinski definition) is 0. The molecule has 0 spiro atoms. The molecule has 3 nitrogen and oxygen atoms in total. The van der Waals surface area contributed by atoms with Crippen molar-refractivity contribution < 1.29 is 4.79 Å². The predicted molar refractivity (Wildman–Crippen MR) is 43.2 cm³/mol. The summed E-state index contributed by atoms with van der Waals surface area (Å²) < 4.78 is 1.86. The van der Waals surface area contributed by atoms with Gasteiger partial charge in [0.2, 0.25) is 0 Å². The average Bonchev–Trinajstić information content (AvgIpc) is 2.43. The maximum absolute atomic E-state index is 10.3. The van der Waals surface area contributed by atoms with Gasteiger partial charge < -0.3 is 0 Å². The van der Waals surface area contributed by atoms with E-state index < -0.39 is 0 Å². The van der Waals surface area contributed by atoms with Gasteiger partial charge >= 0.3 is 0 Å². The van der Waals surface area contributed by atoms with Gasteiger partial charge in [0.15, 0.2) is 11.2 Å². The third kappa shape index (κ3) is 0.952. The zero-order chi connectivity index (χ0) is 7.84. The largest absolute Gasteiger partial charge is 0.297 e. The van der Waals surface area contributed by atoms with E-state index in [0.717, 1.165) is 16.9 Å². The normalized spacial score (nSPS) is 10.6. The van der Waals surface area contributed by atoms with Crippen LogP contribution in [0.25, 0.3) is 4.96 Å². The highest BCUT2D eigenvalue weighted by atomic mass is 32.1. The predicted octanol–water partition coefficient (Wildman–Crippen LogP) is 1.52. The molecule has 0 unspecified atom stereocenters. The molecule has 0 N–H and O–H groups in total. The first-order chi connectivity index (χ1) is 5.29. The number of nitrogens with zero attached hydrogens (tertiary/aromatic N) is 2. The summed E-state index contributed by atoms with van der Waals surface area (Å²) in [6.07, 6.45) is 4.53. The zero-order valence-corrected chi connectivity index (χ0v) is 6.76. The topological polar surface area (TPSA) is 34.4 Å². The van der Waals surface area contributed by atoms with Crippen molar-refractivity contribution in [2.24, 2.45) is 0 Å². The highest BCUT2D eigenvalue weighted by Gasteiger charge is 2.01.